The first-order valence-electron chi connectivity index (χ1n) is 7.16. The first kappa shape index (κ1) is 14.3. The highest BCUT2D eigenvalue weighted by Gasteiger charge is 2.35. The molecule has 1 aliphatic rings. The third-order valence-corrected chi connectivity index (χ3v) is 3.90. The zero-order valence-corrected chi connectivity index (χ0v) is 12.1. The van der Waals surface area contributed by atoms with Gasteiger partial charge in [-0.25, -0.2) is 4.39 Å². The second-order valence-corrected chi connectivity index (χ2v) is 6.18. The van der Waals surface area contributed by atoms with Crippen LogP contribution in [0, 0.1) is 11.2 Å². The highest BCUT2D eigenvalue weighted by molar-refractivity contribution is 5.22. The van der Waals surface area contributed by atoms with Gasteiger partial charge >= 0.3 is 0 Å². The van der Waals surface area contributed by atoms with Crippen LogP contribution in [0.15, 0.2) is 24.3 Å². The van der Waals surface area contributed by atoms with Crippen molar-refractivity contribution < 1.29 is 9.13 Å². The Kier molecular flexibility index (Phi) is 4.46. The number of likely N-dealkylation sites (N-methyl/N-ethyl adjacent to an activating group) is 1. The van der Waals surface area contributed by atoms with Crippen LogP contribution in [0.25, 0.3) is 0 Å². The molecule has 0 saturated heterocycles. The molecule has 1 aromatic carbocycles. The Labute approximate surface area is 115 Å². The molecule has 19 heavy (non-hydrogen) atoms. The van der Waals surface area contributed by atoms with Gasteiger partial charge in [0.2, 0.25) is 0 Å². The summed E-state index contributed by atoms with van der Waals surface area (Å²) >= 11 is 0. The van der Waals surface area contributed by atoms with E-state index < -0.39 is 0 Å². The topological polar surface area (TPSA) is 21.3 Å². The predicted molar refractivity (Wildman–Crippen MR) is 75.9 cm³/mol. The summed E-state index contributed by atoms with van der Waals surface area (Å²) < 4.78 is 19.0. The standard InChI is InChI=1S/C16H24FNO/c1-4-18-14-9-10-16(2,3)11-15(14)19-13-7-5-12(17)6-8-13/h5-8,14-15,18H,4,9-11H2,1-3H3. The fraction of sp³-hybridized carbons (Fsp3) is 0.625. The monoisotopic (exact) mass is 265 g/mol. The van der Waals surface area contributed by atoms with Gasteiger partial charge < -0.3 is 10.1 Å². The summed E-state index contributed by atoms with van der Waals surface area (Å²) in [6, 6.07) is 6.71. The average Bonchev–Trinajstić information content (AvgIpc) is 2.35. The maximum atomic E-state index is 12.9. The summed E-state index contributed by atoms with van der Waals surface area (Å²) in [4.78, 5) is 0. The van der Waals surface area contributed by atoms with Crippen LogP contribution < -0.4 is 10.1 Å². The lowest BCUT2D eigenvalue weighted by Crippen LogP contribution is -2.49. The Bertz CT molecular complexity index is 402. The maximum Gasteiger partial charge on any atom is 0.123 e. The van der Waals surface area contributed by atoms with Crippen LogP contribution in [0.4, 0.5) is 4.39 Å². The number of hydrogen-bond acceptors (Lipinski definition) is 2. The number of ether oxygens (including phenoxy) is 1. The van der Waals surface area contributed by atoms with Crippen LogP contribution in [-0.2, 0) is 0 Å². The third-order valence-electron chi connectivity index (χ3n) is 3.90. The Hall–Kier alpha value is -1.09. The molecule has 0 amide bonds. The molecular formula is C16H24FNO. The Morgan fingerprint density at radius 2 is 2.00 bits per heavy atom. The smallest absolute Gasteiger partial charge is 0.123 e. The summed E-state index contributed by atoms with van der Waals surface area (Å²) in [5.74, 6) is 0.534. The number of halogens is 1. The summed E-state index contributed by atoms with van der Waals surface area (Å²) in [5.41, 5.74) is 0.316. The number of benzene rings is 1. The molecule has 3 heteroatoms. The molecule has 1 fully saturated rings. The van der Waals surface area contributed by atoms with Gasteiger partial charge in [0, 0.05) is 6.04 Å². The van der Waals surface area contributed by atoms with Crippen LogP contribution in [0.1, 0.15) is 40.0 Å². The van der Waals surface area contributed by atoms with E-state index in [9.17, 15) is 4.39 Å². The number of nitrogens with one attached hydrogen (secondary N) is 1. The van der Waals surface area contributed by atoms with E-state index in [0.29, 0.717) is 11.5 Å². The molecule has 0 aliphatic heterocycles. The van der Waals surface area contributed by atoms with Crippen molar-refractivity contribution in [1.82, 2.24) is 5.32 Å². The lowest BCUT2D eigenvalue weighted by molar-refractivity contribution is 0.0536. The van der Waals surface area contributed by atoms with Gasteiger partial charge in [-0.05, 0) is 55.5 Å². The lowest BCUT2D eigenvalue weighted by Gasteiger charge is -2.41. The fourth-order valence-electron chi connectivity index (χ4n) is 2.83. The maximum absolute atomic E-state index is 12.9. The fourth-order valence-corrected chi connectivity index (χ4v) is 2.83. The largest absolute Gasteiger partial charge is 0.489 e. The molecule has 1 aromatic rings. The molecule has 0 heterocycles. The molecule has 0 spiro atoms. The van der Waals surface area contributed by atoms with E-state index in [0.717, 1.165) is 25.1 Å². The zero-order valence-electron chi connectivity index (χ0n) is 12.1. The molecule has 2 rings (SSSR count). The van der Waals surface area contributed by atoms with Gasteiger partial charge in [-0.2, -0.15) is 0 Å². The molecule has 0 aromatic heterocycles. The number of rotatable bonds is 4. The summed E-state index contributed by atoms with van der Waals surface area (Å²) in [7, 11) is 0. The third kappa shape index (κ3) is 3.93. The van der Waals surface area contributed by atoms with Crippen molar-refractivity contribution in [1.29, 1.82) is 0 Å². The SMILES string of the molecule is CCNC1CCC(C)(C)CC1Oc1ccc(F)cc1. The highest BCUT2D eigenvalue weighted by atomic mass is 19.1. The molecule has 1 N–H and O–H groups in total. The van der Waals surface area contributed by atoms with Gasteiger partial charge in [-0.1, -0.05) is 20.8 Å². The quantitative estimate of drug-likeness (QED) is 0.895. The molecule has 1 saturated carbocycles. The Balaban J connectivity index is 2.06. The summed E-state index contributed by atoms with van der Waals surface area (Å²) in [6.45, 7) is 7.65. The summed E-state index contributed by atoms with van der Waals surface area (Å²) in [5, 5.41) is 3.50. The summed E-state index contributed by atoms with van der Waals surface area (Å²) in [6.07, 6.45) is 3.54. The minimum atomic E-state index is -0.223. The molecule has 1 aliphatic carbocycles. The lowest BCUT2D eigenvalue weighted by atomic mass is 9.74. The van der Waals surface area contributed by atoms with Crippen molar-refractivity contribution in [3.05, 3.63) is 30.1 Å². The van der Waals surface area contributed by atoms with E-state index in [4.69, 9.17) is 4.74 Å². The molecule has 2 atom stereocenters. The molecule has 106 valence electrons. The van der Waals surface area contributed by atoms with Crippen molar-refractivity contribution in [3.63, 3.8) is 0 Å². The van der Waals surface area contributed by atoms with Gasteiger partial charge in [-0.15, -0.1) is 0 Å². The second-order valence-electron chi connectivity index (χ2n) is 6.18. The van der Waals surface area contributed by atoms with E-state index in [-0.39, 0.29) is 11.9 Å². The van der Waals surface area contributed by atoms with E-state index in [1.807, 2.05) is 0 Å². The first-order chi connectivity index (χ1) is 9.00. The van der Waals surface area contributed by atoms with Gasteiger partial charge in [0.25, 0.3) is 0 Å². The van der Waals surface area contributed by atoms with Crippen molar-refractivity contribution in [2.45, 2.75) is 52.2 Å². The van der Waals surface area contributed by atoms with Crippen LogP contribution in [0.5, 0.6) is 5.75 Å². The van der Waals surface area contributed by atoms with Gasteiger partial charge in [0.15, 0.2) is 0 Å². The minimum absolute atomic E-state index is 0.161. The Morgan fingerprint density at radius 3 is 2.63 bits per heavy atom. The van der Waals surface area contributed by atoms with Crippen molar-refractivity contribution in [2.75, 3.05) is 6.54 Å². The van der Waals surface area contributed by atoms with Crippen LogP contribution in [-0.4, -0.2) is 18.7 Å². The minimum Gasteiger partial charge on any atom is -0.489 e. The van der Waals surface area contributed by atoms with Crippen LogP contribution >= 0.6 is 0 Å². The van der Waals surface area contributed by atoms with E-state index in [1.165, 1.54) is 18.6 Å². The van der Waals surface area contributed by atoms with E-state index >= 15 is 0 Å². The molecule has 2 nitrogen and oxygen atoms in total. The van der Waals surface area contributed by atoms with Crippen molar-refractivity contribution in [3.8, 4) is 5.75 Å². The number of hydrogen-bond donors (Lipinski definition) is 1. The molecule has 2 unspecified atom stereocenters. The molecule has 0 bridgehead atoms. The van der Waals surface area contributed by atoms with Gasteiger partial charge in [-0.3, -0.25) is 0 Å². The van der Waals surface area contributed by atoms with Crippen molar-refractivity contribution in [2.24, 2.45) is 5.41 Å². The molecule has 0 radical (unpaired) electrons. The highest BCUT2D eigenvalue weighted by Crippen LogP contribution is 2.37. The van der Waals surface area contributed by atoms with Gasteiger partial charge in [0.05, 0.1) is 0 Å². The van der Waals surface area contributed by atoms with Crippen LogP contribution in [0.2, 0.25) is 0 Å². The van der Waals surface area contributed by atoms with E-state index in [2.05, 4.69) is 26.1 Å². The Morgan fingerprint density at radius 1 is 1.32 bits per heavy atom. The van der Waals surface area contributed by atoms with Crippen molar-refractivity contribution >= 4 is 0 Å². The molecular weight excluding hydrogens is 241 g/mol. The zero-order chi connectivity index (χ0) is 13.9. The van der Waals surface area contributed by atoms with E-state index in [1.54, 1.807) is 12.1 Å². The second kappa shape index (κ2) is 5.91. The average molecular weight is 265 g/mol. The first-order valence-corrected chi connectivity index (χ1v) is 7.16. The normalized spacial score (nSPS) is 26.1. The van der Waals surface area contributed by atoms with Gasteiger partial charge in [0.1, 0.15) is 17.7 Å². The van der Waals surface area contributed by atoms with Crippen LogP contribution in [0.3, 0.4) is 0 Å². The predicted octanol–water partition coefficient (Wildman–Crippen LogP) is 3.76.